The van der Waals surface area contributed by atoms with Crippen molar-refractivity contribution in [1.82, 2.24) is 0 Å². The fourth-order valence-corrected chi connectivity index (χ4v) is 3.45. The summed E-state index contributed by atoms with van der Waals surface area (Å²) in [4.78, 5) is -1.81. The third kappa shape index (κ3) is 4.46. The lowest BCUT2D eigenvalue weighted by Crippen LogP contribution is -2.39. The smallest absolute Gasteiger partial charge is 0.383 e. The number of hydrogen-bond acceptors (Lipinski definition) is 6. The zero-order chi connectivity index (χ0) is 22.2. The van der Waals surface area contributed by atoms with E-state index < -0.39 is 59.1 Å². The van der Waals surface area contributed by atoms with E-state index in [9.17, 15) is 34.8 Å². The Balaban J connectivity index is 3.78. The van der Waals surface area contributed by atoms with Crippen LogP contribution >= 0.6 is 23.2 Å². The molecule has 0 atom stereocenters. The van der Waals surface area contributed by atoms with Crippen LogP contribution in [0.4, 0.5) is 32.0 Å². The number of halogens is 8. The molecule has 0 aliphatic carbocycles. The minimum absolute atomic E-state index is 0.00592. The molecule has 1 aromatic rings. The SMILES string of the molecule is C=C(C#N)/C(=C(/N)N(N)c1c(Cl)cc(C(F)(F)F)cc1Cl)S(=O)(=O)C(F)(F)F. The van der Waals surface area contributed by atoms with Gasteiger partial charge in [0.05, 0.1) is 26.9 Å². The van der Waals surface area contributed by atoms with E-state index in [1.54, 1.807) is 0 Å². The molecule has 0 aliphatic heterocycles. The number of nitriles is 1. The first-order valence-electron chi connectivity index (χ1n) is 6.48. The quantitative estimate of drug-likeness (QED) is 0.228. The van der Waals surface area contributed by atoms with E-state index in [-0.39, 0.29) is 5.01 Å². The molecular formula is C13H8Cl2F6N4O2S. The maximum absolute atomic E-state index is 12.9. The van der Waals surface area contributed by atoms with Crippen LogP contribution in [0.2, 0.25) is 10.0 Å². The van der Waals surface area contributed by atoms with Gasteiger partial charge in [-0.3, -0.25) is 5.01 Å². The predicted molar refractivity (Wildman–Crippen MR) is 89.1 cm³/mol. The summed E-state index contributed by atoms with van der Waals surface area (Å²) in [6, 6.07) is 1.76. The highest BCUT2D eigenvalue weighted by Crippen LogP contribution is 2.41. The van der Waals surface area contributed by atoms with Gasteiger partial charge in [-0.2, -0.15) is 31.6 Å². The first-order valence-corrected chi connectivity index (χ1v) is 8.72. The fourth-order valence-electron chi connectivity index (χ4n) is 1.81. The summed E-state index contributed by atoms with van der Waals surface area (Å²) < 4.78 is 100. The first-order chi connectivity index (χ1) is 12.5. The molecule has 0 saturated heterocycles. The largest absolute Gasteiger partial charge is 0.502 e. The molecule has 0 heterocycles. The van der Waals surface area contributed by atoms with Crippen molar-refractivity contribution < 1.29 is 34.8 Å². The van der Waals surface area contributed by atoms with Crippen molar-refractivity contribution in [3.05, 3.63) is 50.6 Å². The lowest BCUT2D eigenvalue weighted by atomic mass is 10.2. The molecule has 0 bridgehead atoms. The van der Waals surface area contributed by atoms with Gasteiger partial charge in [0.1, 0.15) is 16.8 Å². The van der Waals surface area contributed by atoms with Crippen molar-refractivity contribution >= 4 is 38.7 Å². The monoisotopic (exact) mass is 468 g/mol. The number of nitrogens with two attached hydrogens (primary N) is 2. The van der Waals surface area contributed by atoms with Crippen molar-refractivity contribution in [2.45, 2.75) is 11.7 Å². The summed E-state index contributed by atoms with van der Waals surface area (Å²) in [5.41, 5.74) is -3.81. The maximum Gasteiger partial charge on any atom is 0.502 e. The second-order valence-corrected chi connectivity index (χ2v) is 7.60. The van der Waals surface area contributed by atoms with Gasteiger partial charge in [-0.15, -0.1) is 0 Å². The number of anilines is 1. The van der Waals surface area contributed by atoms with Gasteiger partial charge in [0.15, 0.2) is 0 Å². The summed E-state index contributed by atoms with van der Waals surface area (Å²) in [6.45, 7) is 2.87. The molecule has 1 aromatic carbocycles. The minimum Gasteiger partial charge on any atom is -0.383 e. The Morgan fingerprint density at radius 3 is 1.89 bits per heavy atom. The highest BCUT2D eigenvalue weighted by molar-refractivity contribution is 7.96. The van der Waals surface area contributed by atoms with Gasteiger partial charge in [-0.1, -0.05) is 29.8 Å². The second kappa shape index (κ2) is 7.70. The van der Waals surface area contributed by atoms with E-state index in [0.717, 1.165) is 6.07 Å². The molecule has 0 saturated carbocycles. The lowest BCUT2D eigenvalue weighted by Gasteiger charge is -2.24. The number of hydrogen-bond donors (Lipinski definition) is 2. The number of sulfone groups is 1. The van der Waals surface area contributed by atoms with Gasteiger partial charge < -0.3 is 5.73 Å². The Morgan fingerprint density at radius 2 is 1.57 bits per heavy atom. The Hall–Kier alpha value is -2.14. The predicted octanol–water partition coefficient (Wildman–Crippen LogP) is 3.83. The van der Waals surface area contributed by atoms with Crippen molar-refractivity contribution in [2.24, 2.45) is 11.6 Å². The van der Waals surface area contributed by atoms with E-state index in [4.69, 9.17) is 40.0 Å². The topological polar surface area (TPSA) is 113 Å². The first kappa shape index (κ1) is 23.9. The van der Waals surface area contributed by atoms with Crippen molar-refractivity contribution in [1.29, 1.82) is 5.26 Å². The van der Waals surface area contributed by atoms with Crippen LogP contribution in [0.1, 0.15) is 5.56 Å². The Labute approximate surface area is 164 Å². The van der Waals surface area contributed by atoms with E-state index in [1.165, 1.54) is 0 Å². The van der Waals surface area contributed by atoms with Crippen LogP contribution < -0.4 is 16.6 Å². The molecule has 6 nitrogen and oxygen atoms in total. The van der Waals surface area contributed by atoms with Gasteiger partial charge >= 0.3 is 11.7 Å². The van der Waals surface area contributed by atoms with E-state index in [2.05, 4.69) is 6.58 Å². The molecule has 0 radical (unpaired) electrons. The fraction of sp³-hybridized carbons (Fsp3) is 0.154. The number of nitrogens with zero attached hydrogens (tertiary/aromatic N) is 2. The van der Waals surface area contributed by atoms with E-state index in [1.807, 2.05) is 0 Å². The molecule has 0 spiro atoms. The summed E-state index contributed by atoms with van der Waals surface area (Å²) in [7, 11) is -6.21. The van der Waals surface area contributed by atoms with Crippen LogP contribution in [0.5, 0.6) is 0 Å². The van der Waals surface area contributed by atoms with Crippen LogP contribution in [0, 0.1) is 11.3 Å². The Bertz CT molecular complexity index is 973. The standard InChI is InChI=1S/C13H8Cl2F6N4O2S/c1-5(4-22)10(28(26,27)13(19,20)21)11(23)25(24)9-7(14)2-6(3-8(9)15)12(16,17)18/h2-3H,1,23-24H2/b11-10+. The normalized spacial score (nSPS) is 13.6. The van der Waals surface area contributed by atoms with Crippen LogP contribution in [0.15, 0.2) is 35.0 Å². The van der Waals surface area contributed by atoms with Crippen molar-refractivity contribution in [3.8, 4) is 6.07 Å². The van der Waals surface area contributed by atoms with Gasteiger partial charge in [-0.05, 0) is 12.1 Å². The average molecular weight is 469 g/mol. The third-order valence-corrected chi connectivity index (χ3v) is 5.24. The summed E-state index contributed by atoms with van der Waals surface area (Å²) in [5, 5.41) is 7.15. The molecule has 4 N–H and O–H groups in total. The highest BCUT2D eigenvalue weighted by Gasteiger charge is 2.50. The van der Waals surface area contributed by atoms with Crippen molar-refractivity contribution in [3.63, 3.8) is 0 Å². The van der Waals surface area contributed by atoms with Crippen LogP contribution in [-0.4, -0.2) is 13.9 Å². The maximum atomic E-state index is 12.9. The highest BCUT2D eigenvalue weighted by atomic mass is 35.5. The van der Waals surface area contributed by atoms with Crippen LogP contribution in [0.3, 0.4) is 0 Å². The lowest BCUT2D eigenvalue weighted by molar-refractivity contribution is -0.137. The summed E-state index contributed by atoms with van der Waals surface area (Å²) in [6.07, 6.45) is -4.87. The van der Waals surface area contributed by atoms with Gasteiger partial charge in [0.2, 0.25) is 0 Å². The number of rotatable bonds is 4. The van der Waals surface area contributed by atoms with Gasteiger partial charge in [0, 0.05) is 0 Å². The minimum atomic E-state index is -6.21. The second-order valence-electron chi connectivity index (χ2n) is 4.91. The molecular weight excluding hydrogens is 461 g/mol. The van der Waals surface area contributed by atoms with Gasteiger partial charge in [-0.25, -0.2) is 14.3 Å². The van der Waals surface area contributed by atoms with Gasteiger partial charge in [0.25, 0.3) is 9.84 Å². The zero-order valence-electron chi connectivity index (χ0n) is 13.2. The molecule has 154 valence electrons. The Kier molecular flexibility index (Phi) is 6.58. The number of benzene rings is 1. The van der Waals surface area contributed by atoms with Crippen molar-refractivity contribution in [2.75, 3.05) is 5.01 Å². The van der Waals surface area contributed by atoms with Crippen LogP contribution in [-0.2, 0) is 16.0 Å². The summed E-state index contributed by atoms with van der Waals surface area (Å²) >= 11 is 11.3. The zero-order valence-corrected chi connectivity index (χ0v) is 15.5. The molecule has 0 aliphatic rings. The average Bonchev–Trinajstić information content (AvgIpc) is 2.51. The molecule has 0 amide bonds. The number of alkyl halides is 6. The Morgan fingerprint density at radius 1 is 1.14 bits per heavy atom. The molecule has 0 aromatic heterocycles. The van der Waals surface area contributed by atoms with E-state index in [0.29, 0.717) is 12.1 Å². The van der Waals surface area contributed by atoms with E-state index >= 15 is 0 Å². The molecule has 0 unspecified atom stereocenters. The van der Waals surface area contributed by atoms with Crippen LogP contribution in [0.25, 0.3) is 0 Å². The molecule has 15 heteroatoms. The third-order valence-electron chi connectivity index (χ3n) is 3.06. The number of hydrazine groups is 1. The molecule has 0 fully saturated rings. The molecule has 1 rings (SSSR count). The summed E-state index contributed by atoms with van der Waals surface area (Å²) in [5.74, 6) is 4.05. The molecule has 28 heavy (non-hydrogen) atoms. The number of allylic oxidation sites excluding steroid dienone is 1.